The zero-order chi connectivity index (χ0) is 12.4. The molecule has 0 radical (unpaired) electrons. The molecular formula is C15H22N2O. The molecule has 1 unspecified atom stereocenters. The molecule has 1 atom stereocenters. The number of benzene rings is 1. The number of rotatable bonds is 2. The van der Waals surface area contributed by atoms with Gasteiger partial charge in [-0.15, -0.1) is 0 Å². The van der Waals surface area contributed by atoms with Gasteiger partial charge in [0.2, 0.25) is 0 Å². The summed E-state index contributed by atoms with van der Waals surface area (Å²) >= 11 is 0. The van der Waals surface area contributed by atoms with Crippen LogP contribution in [0.25, 0.3) is 0 Å². The Bertz CT molecular complexity index is 386. The van der Waals surface area contributed by atoms with Crippen molar-refractivity contribution in [2.75, 3.05) is 32.8 Å². The lowest BCUT2D eigenvalue weighted by molar-refractivity contribution is 0.154. The van der Waals surface area contributed by atoms with E-state index in [4.69, 9.17) is 10.5 Å². The van der Waals surface area contributed by atoms with Gasteiger partial charge in [-0.2, -0.15) is 0 Å². The standard InChI is InChI=1S/C15H22N2O/c16-15(7-10-18-12-15)11-17-8-5-13-3-1-2-4-14(13)6-9-17/h1-4H,5-12,16H2. The molecule has 1 aromatic rings. The molecule has 0 spiro atoms. The minimum Gasteiger partial charge on any atom is -0.379 e. The van der Waals surface area contributed by atoms with E-state index in [0.717, 1.165) is 52.1 Å². The van der Waals surface area contributed by atoms with E-state index in [1.54, 1.807) is 0 Å². The Labute approximate surface area is 109 Å². The first-order valence-corrected chi connectivity index (χ1v) is 6.91. The van der Waals surface area contributed by atoms with Crippen LogP contribution in [-0.4, -0.2) is 43.3 Å². The molecule has 0 saturated carbocycles. The van der Waals surface area contributed by atoms with E-state index >= 15 is 0 Å². The van der Waals surface area contributed by atoms with Gasteiger partial charge in [0.25, 0.3) is 0 Å². The molecular weight excluding hydrogens is 224 g/mol. The maximum absolute atomic E-state index is 6.38. The summed E-state index contributed by atoms with van der Waals surface area (Å²) in [7, 11) is 0. The quantitative estimate of drug-likeness (QED) is 0.852. The van der Waals surface area contributed by atoms with Crippen molar-refractivity contribution in [1.82, 2.24) is 4.90 Å². The van der Waals surface area contributed by atoms with Crippen molar-refractivity contribution < 1.29 is 4.74 Å². The third-order valence-corrected chi connectivity index (χ3v) is 4.19. The zero-order valence-electron chi connectivity index (χ0n) is 10.9. The molecule has 2 heterocycles. The second-order valence-electron chi connectivity index (χ2n) is 5.71. The van der Waals surface area contributed by atoms with Crippen LogP contribution in [0.15, 0.2) is 24.3 Å². The second-order valence-corrected chi connectivity index (χ2v) is 5.71. The van der Waals surface area contributed by atoms with Crippen molar-refractivity contribution in [2.24, 2.45) is 5.73 Å². The Morgan fingerprint density at radius 1 is 1.17 bits per heavy atom. The topological polar surface area (TPSA) is 38.5 Å². The highest BCUT2D eigenvalue weighted by atomic mass is 16.5. The molecule has 1 aromatic carbocycles. The van der Waals surface area contributed by atoms with Crippen molar-refractivity contribution in [1.29, 1.82) is 0 Å². The summed E-state index contributed by atoms with van der Waals surface area (Å²) in [5.41, 5.74) is 9.28. The molecule has 3 nitrogen and oxygen atoms in total. The smallest absolute Gasteiger partial charge is 0.0659 e. The molecule has 3 heteroatoms. The second kappa shape index (κ2) is 5.00. The van der Waals surface area contributed by atoms with Gasteiger partial charge >= 0.3 is 0 Å². The highest BCUT2D eigenvalue weighted by molar-refractivity contribution is 5.28. The average Bonchev–Trinajstić information content (AvgIpc) is 2.69. The lowest BCUT2D eigenvalue weighted by Gasteiger charge is -2.30. The Hall–Kier alpha value is -0.900. The summed E-state index contributed by atoms with van der Waals surface area (Å²) in [6, 6.07) is 8.80. The lowest BCUT2D eigenvalue weighted by atomic mass is 9.99. The van der Waals surface area contributed by atoms with Crippen LogP contribution in [-0.2, 0) is 17.6 Å². The minimum absolute atomic E-state index is 0.115. The first-order chi connectivity index (χ1) is 8.75. The predicted molar refractivity (Wildman–Crippen MR) is 72.6 cm³/mol. The fourth-order valence-corrected chi connectivity index (χ4v) is 3.07. The highest BCUT2D eigenvalue weighted by Gasteiger charge is 2.32. The number of fused-ring (bicyclic) bond motifs is 1. The van der Waals surface area contributed by atoms with Crippen LogP contribution in [0.4, 0.5) is 0 Å². The van der Waals surface area contributed by atoms with Crippen LogP contribution in [0.1, 0.15) is 17.5 Å². The van der Waals surface area contributed by atoms with E-state index in [1.807, 2.05) is 0 Å². The van der Waals surface area contributed by atoms with Gasteiger partial charge in [0.15, 0.2) is 0 Å². The molecule has 1 saturated heterocycles. The molecule has 98 valence electrons. The van der Waals surface area contributed by atoms with Gasteiger partial charge in [0.05, 0.1) is 12.1 Å². The van der Waals surface area contributed by atoms with Crippen LogP contribution in [0.5, 0.6) is 0 Å². The van der Waals surface area contributed by atoms with Crippen LogP contribution in [0.3, 0.4) is 0 Å². The van der Waals surface area contributed by atoms with Crippen molar-refractivity contribution in [3.05, 3.63) is 35.4 Å². The molecule has 18 heavy (non-hydrogen) atoms. The molecule has 3 rings (SSSR count). The fourth-order valence-electron chi connectivity index (χ4n) is 3.07. The summed E-state index contributed by atoms with van der Waals surface area (Å²) in [5, 5.41) is 0. The minimum atomic E-state index is -0.115. The zero-order valence-corrected chi connectivity index (χ0v) is 10.9. The van der Waals surface area contributed by atoms with Crippen molar-refractivity contribution in [3.63, 3.8) is 0 Å². The summed E-state index contributed by atoms with van der Waals surface area (Å²) in [6.45, 7) is 4.76. The number of nitrogens with zero attached hydrogens (tertiary/aromatic N) is 1. The Morgan fingerprint density at radius 3 is 2.39 bits per heavy atom. The maximum Gasteiger partial charge on any atom is 0.0659 e. The molecule has 0 amide bonds. The number of ether oxygens (including phenoxy) is 1. The summed E-state index contributed by atoms with van der Waals surface area (Å²) in [4.78, 5) is 2.51. The Balaban J connectivity index is 1.64. The molecule has 0 aliphatic carbocycles. The van der Waals surface area contributed by atoms with E-state index < -0.39 is 0 Å². The first-order valence-electron chi connectivity index (χ1n) is 6.91. The molecule has 1 fully saturated rings. The SMILES string of the molecule is NC1(CN2CCc3ccccc3CC2)CCOC1. The molecule has 2 aliphatic rings. The molecule has 2 N–H and O–H groups in total. The van der Waals surface area contributed by atoms with E-state index in [2.05, 4.69) is 29.2 Å². The van der Waals surface area contributed by atoms with Gasteiger partial charge in [-0.25, -0.2) is 0 Å². The molecule has 0 bridgehead atoms. The summed E-state index contributed by atoms with van der Waals surface area (Å²) in [5.74, 6) is 0. The van der Waals surface area contributed by atoms with Gasteiger partial charge in [0.1, 0.15) is 0 Å². The third-order valence-electron chi connectivity index (χ3n) is 4.19. The van der Waals surface area contributed by atoms with E-state index in [9.17, 15) is 0 Å². The Kier molecular flexibility index (Phi) is 3.37. The van der Waals surface area contributed by atoms with E-state index in [-0.39, 0.29) is 5.54 Å². The maximum atomic E-state index is 6.38. The fraction of sp³-hybridized carbons (Fsp3) is 0.600. The van der Waals surface area contributed by atoms with Crippen LogP contribution in [0, 0.1) is 0 Å². The summed E-state index contributed by atoms with van der Waals surface area (Å²) in [6.07, 6.45) is 3.29. The van der Waals surface area contributed by atoms with Crippen LogP contribution in [0.2, 0.25) is 0 Å². The number of nitrogens with two attached hydrogens (primary N) is 1. The van der Waals surface area contributed by atoms with Crippen LogP contribution >= 0.6 is 0 Å². The normalized spacial score (nSPS) is 28.9. The third kappa shape index (κ3) is 2.58. The number of hydrogen-bond acceptors (Lipinski definition) is 3. The van der Waals surface area contributed by atoms with Gasteiger partial charge in [-0.05, 0) is 30.4 Å². The first kappa shape index (κ1) is 12.2. The van der Waals surface area contributed by atoms with Crippen LogP contribution < -0.4 is 5.73 Å². The highest BCUT2D eigenvalue weighted by Crippen LogP contribution is 2.20. The average molecular weight is 246 g/mol. The number of hydrogen-bond donors (Lipinski definition) is 1. The van der Waals surface area contributed by atoms with Gasteiger partial charge in [-0.3, -0.25) is 0 Å². The van der Waals surface area contributed by atoms with Crippen molar-refractivity contribution >= 4 is 0 Å². The lowest BCUT2D eigenvalue weighted by Crippen LogP contribution is -2.51. The van der Waals surface area contributed by atoms with E-state index in [1.165, 1.54) is 11.1 Å². The molecule has 0 aromatic heterocycles. The predicted octanol–water partition coefficient (Wildman–Crippen LogP) is 1.20. The van der Waals surface area contributed by atoms with Gasteiger partial charge < -0.3 is 15.4 Å². The van der Waals surface area contributed by atoms with E-state index in [0.29, 0.717) is 0 Å². The van der Waals surface area contributed by atoms with Gasteiger partial charge in [0, 0.05) is 26.2 Å². The van der Waals surface area contributed by atoms with Crippen molar-refractivity contribution in [3.8, 4) is 0 Å². The monoisotopic (exact) mass is 246 g/mol. The Morgan fingerprint density at radius 2 is 1.83 bits per heavy atom. The summed E-state index contributed by atoms with van der Waals surface area (Å²) < 4.78 is 5.44. The largest absolute Gasteiger partial charge is 0.379 e. The van der Waals surface area contributed by atoms with Crippen molar-refractivity contribution in [2.45, 2.75) is 24.8 Å². The van der Waals surface area contributed by atoms with Gasteiger partial charge in [-0.1, -0.05) is 24.3 Å². The molecule has 2 aliphatic heterocycles.